The summed E-state index contributed by atoms with van der Waals surface area (Å²) in [6.45, 7) is 1.68. The Morgan fingerprint density at radius 1 is 1.45 bits per heavy atom. The van der Waals surface area contributed by atoms with Crippen molar-refractivity contribution >= 4 is 33.2 Å². The number of hydrogen-bond acceptors (Lipinski definition) is 3. The quantitative estimate of drug-likeness (QED) is 0.903. The molecular formula is C13H17ClN2O3S. The van der Waals surface area contributed by atoms with Gasteiger partial charge < -0.3 is 5.32 Å². The zero-order valence-corrected chi connectivity index (χ0v) is 13.0. The topological polar surface area (TPSA) is 66.5 Å². The lowest BCUT2D eigenvalue weighted by Crippen LogP contribution is -2.38. The van der Waals surface area contributed by atoms with Crippen molar-refractivity contribution in [3.8, 4) is 0 Å². The van der Waals surface area contributed by atoms with Crippen LogP contribution in [-0.2, 0) is 14.8 Å². The molecule has 0 atom stereocenters. The number of aryl methyl sites for hydroxylation is 1. The van der Waals surface area contributed by atoms with Gasteiger partial charge in [-0.1, -0.05) is 11.6 Å². The lowest BCUT2D eigenvalue weighted by molar-refractivity contribution is -0.116. The van der Waals surface area contributed by atoms with Gasteiger partial charge in [0.1, 0.15) is 0 Å². The second-order valence-corrected chi connectivity index (χ2v) is 7.42. The first-order valence-electron chi connectivity index (χ1n) is 6.30. The van der Waals surface area contributed by atoms with Crippen molar-refractivity contribution in [3.05, 3.63) is 28.8 Å². The number of amides is 1. The monoisotopic (exact) mass is 316 g/mol. The molecule has 0 saturated heterocycles. The molecule has 0 heterocycles. The van der Waals surface area contributed by atoms with Crippen LogP contribution in [0, 0.1) is 6.92 Å². The number of rotatable bonds is 5. The summed E-state index contributed by atoms with van der Waals surface area (Å²) in [5.41, 5.74) is 1.48. The molecule has 0 aliphatic heterocycles. The van der Waals surface area contributed by atoms with Crippen molar-refractivity contribution in [1.82, 2.24) is 4.31 Å². The third-order valence-electron chi connectivity index (χ3n) is 3.14. The van der Waals surface area contributed by atoms with E-state index >= 15 is 0 Å². The third kappa shape index (κ3) is 3.94. The van der Waals surface area contributed by atoms with E-state index < -0.39 is 10.0 Å². The second-order valence-electron chi connectivity index (χ2n) is 5.05. The fraction of sp³-hybridized carbons (Fsp3) is 0.462. The largest absolute Gasteiger partial charge is 0.325 e. The molecular weight excluding hydrogens is 300 g/mol. The lowest BCUT2D eigenvalue weighted by Gasteiger charge is -2.19. The summed E-state index contributed by atoms with van der Waals surface area (Å²) >= 11 is 5.85. The van der Waals surface area contributed by atoms with Crippen LogP contribution in [0.3, 0.4) is 0 Å². The molecule has 20 heavy (non-hydrogen) atoms. The number of hydrogen-bond donors (Lipinski definition) is 1. The van der Waals surface area contributed by atoms with Crippen molar-refractivity contribution in [1.29, 1.82) is 0 Å². The third-order valence-corrected chi connectivity index (χ3v) is 4.66. The number of sulfonamides is 1. The highest BCUT2D eigenvalue weighted by Gasteiger charge is 2.36. The van der Waals surface area contributed by atoms with Gasteiger partial charge in [-0.3, -0.25) is 4.79 Å². The maximum atomic E-state index is 12.0. The van der Waals surface area contributed by atoms with E-state index in [0.29, 0.717) is 10.7 Å². The molecule has 7 heteroatoms. The van der Waals surface area contributed by atoms with Crippen molar-refractivity contribution < 1.29 is 13.2 Å². The number of nitrogens with one attached hydrogen (secondary N) is 1. The van der Waals surface area contributed by atoms with Gasteiger partial charge in [0.05, 0.1) is 12.8 Å². The Morgan fingerprint density at radius 3 is 2.60 bits per heavy atom. The van der Waals surface area contributed by atoms with Crippen LogP contribution in [0.4, 0.5) is 5.69 Å². The van der Waals surface area contributed by atoms with Crippen LogP contribution in [0.15, 0.2) is 18.2 Å². The number of anilines is 1. The van der Waals surface area contributed by atoms with Crippen LogP contribution in [0.2, 0.25) is 5.02 Å². The van der Waals surface area contributed by atoms with Gasteiger partial charge in [-0.05, 0) is 43.5 Å². The van der Waals surface area contributed by atoms with E-state index in [0.717, 1.165) is 24.7 Å². The molecule has 0 radical (unpaired) electrons. The van der Waals surface area contributed by atoms with Crippen LogP contribution in [0.5, 0.6) is 0 Å². The standard InChI is InChI=1S/C13H17ClN2O3S/c1-9-7-10(14)3-6-12(9)15-13(17)8-16(11-4-5-11)20(2,18)19/h3,6-7,11H,4-5,8H2,1-2H3,(H,15,17). The van der Waals surface area contributed by atoms with E-state index in [1.54, 1.807) is 18.2 Å². The van der Waals surface area contributed by atoms with Gasteiger partial charge in [-0.25, -0.2) is 8.42 Å². The highest BCUT2D eigenvalue weighted by molar-refractivity contribution is 7.88. The van der Waals surface area contributed by atoms with Gasteiger partial charge >= 0.3 is 0 Å². The van der Waals surface area contributed by atoms with Gasteiger partial charge in [-0.2, -0.15) is 4.31 Å². The minimum absolute atomic E-state index is 0.0259. The molecule has 2 rings (SSSR count). The summed E-state index contributed by atoms with van der Waals surface area (Å²) < 4.78 is 24.5. The predicted molar refractivity (Wildman–Crippen MR) is 79.4 cm³/mol. The Morgan fingerprint density at radius 2 is 2.10 bits per heavy atom. The van der Waals surface area contributed by atoms with Crippen LogP contribution in [0.1, 0.15) is 18.4 Å². The predicted octanol–water partition coefficient (Wildman–Crippen LogP) is 2.01. The Hall–Kier alpha value is -1.11. The maximum Gasteiger partial charge on any atom is 0.239 e. The number of benzene rings is 1. The van der Waals surface area contributed by atoms with Crippen LogP contribution in [-0.4, -0.2) is 37.5 Å². The van der Waals surface area contributed by atoms with E-state index in [4.69, 9.17) is 11.6 Å². The molecule has 1 N–H and O–H groups in total. The number of halogens is 1. The molecule has 1 fully saturated rings. The van der Waals surface area contributed by atoms with Gasteiger partial charge in [0.25, 0.3) is 0 Å². The summed E-state index contributed by atoms with van der Waals surface area (Å²) in [5.74, 6) is -0.340. The molecule has 0 bridgehead atoms. The fourth-order valence-electron chi connectivity index (χ4n) is 1.98. The molecule has 1 amide bonds. The highest BCUT2D eigenvalue weighted by atomic mass is 35.5. The summed E-state index contributed by atoms with van der Waals surface area (Å²) in [7, 11) is -3.35. The number of nitrogens with zero attached hydrogens (tertiary/aromatic N) is 1. The van der Waals surface area contributed by atoms with Gasteiger partial charge in [0.15, 0.2) is 0 Å². The average molecular weight is 317 g/mol. The summed E-state index contributed by atoms with van der Waals surface area (Å²) in [4.78, 5) is 12.0. The first kappa shape index (κ1) is 15.3. The first-order valence-corrected chi connectivity index (χ1v) is 8.53. The molecule has 5 nitrogen and oxygen atoms in total. The van der Waals surface area contributed by atoms with Gasteiger partial charge in [0.2, 0.25) is 15.9 Å². The maximum absolute atomic E-state index is 12.0. The van der Waals surface area contributed by atoms with Crippen molar-refractivity contribution in [2.45, 2.75) is 25.8 Å². The Balaban J connectivity index is 2.04. The molecule has 1 saturated carbocycles. The molecule has 1 aromatic rings. The molecule has 110 valence electrons. The van der Waals surface area contributed by atoms with Crippen LogP contribution >= 0.6 is 11.6 Å². The van der Waals surface area contributed by atoms with Crippen molar-refractivity contribution in [2.24, 2.45) is 0 Å². The molecule has 0 unspecified atom stereocenters. The summed E-state index contributed by atoms with van der Waals surface area (Å²) in [6, 6.07) is 5.10. The minimum Gasteiger partial charge on any atom is -0.325 e. The second kappa shape index (κ2) is 5.71. The summed E-state index contributed by atoms with van der Waals surface area (Å²) in [6.07, 6.45) is 2.77. The van der Waals surface area contributed by atoms with E-state index in [9.17, 15) is 13.2 Å². The minimum atomic E-state index is -3.35. The number of carbonyl (C=O) groups is 1. The van der Waals surface area contributed by atoms with Crippen LogP contribution in [0.25, 0.3) is 0 Å². The SMILES string of the molecule is Cc1cc(Cl)ccc1NC(=O)CN(C1CC1)S(C)(=O)=O. The Bertz CT molecular complexity index is 627. The normalized spacial score (nSPS) is 15.4. The highest BCUT2D eigenvalue weighted by Crippen LogP contribution is 2.28. The zero-order valence-electron chi connectivity index (χ0n) is 11.4. The van der Waals surface area contributed by atoms with E-state index in [1.165, 1.54) is 4.31 Å². The van der Waals surface area contributed by atoms with E-state index in [-0.39, 0.29) is 18.5 Å². The van der Waals surface area contributed by atoms with E-state index in [1.807, 2.05) is 6.92 Å². The Labute approximate surface area is 124 Å². The molecule has 0 spiro atoms. The average Bonchev–Trinajstić information content (AvgIpc) is 3.12. The molecule has 0 aromatic heterocycles. The van der Waals surface area contributed by atoms with E-state index in [2.05, 4.69) is 5.32 Å². The molecule has 1 aromatic carbocycles. The van der Waals surface area contributed by atoms with Crippen molar-refractivity contribution in [2.75, 3.05) is 18.1 Å². The van der Waals surface area contributed by atoms with Gasteiger partial charge in [0, 0.05) is 16.8 Å². The smallest absolute Gasteiger partial charge is 0.239 e. The molecule has 1 aliphatic carbocycles. The first-order chi connectivity index (χ1) is 9.27. The lowest BCUT2D eigenvalue weighted by atomic mass is 10.2. The fourth-order valence-corrected chi connectivity index (χ4v) is 3.31. The zero-order chi connectivity index (χ0) is 14.9. The Kier molecular flexibility index (Phi) is 4.36. The summed E-state index contributed by atoms with van der Waals surface area (Å²) in [5, 5.41) is 3.31. The molecule has 1 aliphatic rings. The number of carbonyl (C=O) groups excluding carboxylic acids is 1. The van der Waals surface area contributed by atoms with Gasteiger partial charge in [-0.15, -0.1) is 0 Å². The van der Waals surface area contributed by atoms with Crippen LogP contribution < -0.4 is 5.32 Å². The van der Waals surface area contributed by atoms with Crippen molar-refractivity contribution in [3.63, 3.8) is 0 Å².